The van der Waals surface area contributed by atoms with Crippen molar-refractivity contribution in [1.29, 1.82) is 0 Å². The maximum atomic E-state index is 3.59. The molecule has 0 heterocycles. The third kappa shape index (κ3) is 5.59. The first-order valence-corrected chi connectivity index (χ1v) is 13.2. The van der Waals surface area contributed by atoms with Gasteiger partial charge in [0.15, 0.2) is 0 Å². The van der Waals surface area contributed by atoms with E-state index in [1.807, 2.05) is 0 Å². The van der Waals surface area contributed by atoms with Crippen LogP contribution in [0.2, 0.25) is 0 Å². The summed E-state index contributed by atoms with van der Waals surface area (Å²) in [6.45, 7) is 4.48. The highest BCUT2D eigenvalue weighted by atomic mass is 14.9. The van der Waals surface area contributed by atoms with E-state index in [0.29, 0.717) is 0 Å². The number of hydrogen-bond acceptors (Lipinski definition) is 2. The summed E-state index contributed by atoms with van der Waals surface area (Å²) in [4.78, 5) is 0. The van der Waals surface area contributed by atoms with Crippen LogP contribution in [0.15, 0.2) is 84.9 Å². The normalized spacial score (nSPS) is 11.7. The number of unbranched alkanes of at least 4 members (excludes halogenated alkanes) is 2. The molecule has 1 aliphatic rings. The topological polar surface area (TPSA) is 24.1 Å². The van der Waals surface area contributed by atoms with Crippen LogP contribution in [-0.2, 0) is 19.3 Å². The zero-order valence-corrected chi connectivity index (χ0v) is 21.0. The van der Waals surface area contributed by atoms with Crippen molar-refractivity contribution >= 4 is 22.7 Å². The first-order chi connectivity index (χ1) is 17.2. The summed E-state index contributed by atoms with van der Waals surface area (Å²) in [5.41, 5.74) is 12.9. The summed E-state index contributed by atoms with van der Waals surface area (Å²) in [6, 6.07) is 31.3. The van der Waals surface area contributed by atoms with Crippen molar-refractivity contribution in [1.82, 2.24) is 0 Å². The second-order valence-corrected chi connectivity index (χ2v) is 9.77. The molecule has 0 radical (unpaired) electrons. The van der Waals surface area contributed by atoms with Crippen LogP contribution in [0.1, 0.15) is 61.8 Å². The number of benzene rings is 4. The third-order valence-corrected chi connectivity index (χ3v) is 7.00. The molecule has 0 spiro atoms. The fourth-order valence-electron chi connectivity index (χ4n) is 4.97. The van der Waals surface area contributed by atoms with Crippen LogP contribution in [0.3, 0.4) is 0 Å². The maximum Gasteiger partial charge on any atom is 0.0387 e. The molecule has 178 valence electrons. The molecule has 2 N–H and O–H groups in total. The SMILES string of the molecule is CCCCc1ccc(Nc2ccc3c(c2)Cc2cc(Nc4ccc(CCCC)cc4)ccc2-3)cc1. The van der Waals surface area contributed by atoms with Crippen LogP contribution in [0.5, 0.6) is 0 Å². The van der Waals surface area contributed by atoms with Crippen LogP contribution < -0.4 is 10.6 Å². The Labute approximate surface area is 210 Å². The Balaban J connectivity index is 1.25. The second kappa shape index (κ2) is 10.8. The molecule has 1 aliphatic carbocycles. The summed E-state index contributed by atoms with van der Waals surface area (Å²) in [7, 11) is 0. The fraction of sp³-hybridized carbons (Fsp3) is 0.273. The molecular formula is C33H36N2. The van der Waals surface area contributed by atoms with Gasteiger partial charge in [-0.1, -0.05) is 63.1 Å². The van der Waals surface area contributed by atoms with E-state index in [-0.39, 0.29) is 0 Å². The van der Waals surface area contributed by atoms with Crippen molar-refractivity contribution in [3.63, 3.8) is 0 Å². The van der Waals surface area contributed by atoms with Gasteiger partial charge in [-0.15, -0.1) is 0 Å². The lowest BCUT2D eigenvalue weighted by Crippen LogP contribution is -1.93. The van der Waals surface area contributed by atoms with Gasteiger partial charge in [0.1, 0.15) is 0 Å². The van der Waals surface area contributed by atoms with Gasteiger partial charge in [0.25, 0.3) is 0 Å². The summed E-state index contributed by atoms with van der Waals surface area (Å²) >= 11 is 0. The average molecular weight is 461 g/mol. The van der Waals surface area contributed by atoms with E-state index in [0.717, 1.165) is 42.0 Å². The van der Waals surface area contributed by atoms with Gasteiger partial charge in [-0.25, -0.2) is 0 Å². The van der Waals surface area contributed by atoms with Gasteiger partial charge in [0.05, 0.1) is 0 Å². The zero-order valence-electron chi connectivity index (χ0n) is 21.0. The highest BCUT2D eigenvalue weighted by Crippen LogP contribution is 2.39. The maximum absolute atomic E-state index is 3.59. The Bertz CT molecular complexity index is 1170. The summed E-state index contributed by atoms with van der Waals surface area (Å²) < 4.78 is 0. The first-order valence-electron chi connectivity index (χ1n) is 13.2. The molecule has 0 saturated heterocycles. The molecule has 0 fully saturated rings. The number of hydrogen-bond donors (Lipinski definition) is 2. The van der Waals surface area contributed by atoms with Gasteiger partial charge in [-0.05, 0) is 114 Å². The van der Waals surface area contributed by atoms with Crippen LogP contribution in [0, 0.1) is 0 Å². The van der Waals surface area contributed by atoms with Gasteiger partial charge in [0.2, 0.25) is 0 Å². The minimum atomic E-state index is 0.974. The number of nitrogens with one attached hydrogen (secondary N) is 2. The van der Waals surface area contributed by atoms with E-state index in [9.17, 15) is 0 Å². The van der Waals surface area contributed by atoms with Crippen molar-refractivity contribution in [3.8, 4) is 11.1 Å². The Morgan fingerprint density at radius 3 is 1.31 bits per heavy atom. The van der Waals surface area contributed by atoms with Crippen molar-refractivity contribution in [3.05, 3.63) is 107 Å². The molecule has 0 saturated carbocycles. The molecule has 0 bridgehead atoms. The first kappa shape index (κ1) is 23.2. The average Bonchev–Trinajstić information content (AvgIpc) is 3.25. The molecule has 2 nitrogen and oxygen atoms in total. The molecule has 0 amide bonds. The molecule has 5 rings (SSSR count). The number of rotatable bonds is 10. The van der Waals surface area contributed by atoms with E-state index in [1.54, 1.807) is 0 Å². The highest BCUT2D eigenvalue weighted by molar-refractivity contribution is 5.81. The van der Waals surface area contributed by atoms with Crippen molar-refractivity contribution < 1.29 is 0 Å². The fourth-order valence-corrected chi connectivity index (χ4v) is 4.97. The summed E-state index contributed by atoms with van der Waals surface area (Å²) in [6.07, 6.45) is 8.27. The van der Waals surface area contributed by atoms with Gasteiger partial charge in [-0.3, -0.25) is 0 Å². The van der Waals surface area contributed by atoms with Crippen LogP contribution in [0.25, 0.3) is 11.1 Å². The van der Waals surface area contributed by atoms with Gasteiger partial charge in [-0.2, -0.15) is 0 Å². The number of fused-ring (bicyclic) bond motifs is 3. The lowest BCUT2D eigenvalue weighted by molar-refractivity contribution is 0.795. The largest absolute Gasteiger partial charge is 0.356 e. The number of anilines is 4. The monoisotopic (exact) mass is 460 g/mol. The van der Waals surface area contributed by atoms with E-state index in [1.165, 1.54) is 59.1 Å². The molecule has 0 atom stereocenters. The van der Waals surface area contributed by atoms with Gasteiger partial charge < -0.3 is 10.6 Å². The molecule has 4 aromatic carbocycles. The molecule has 4 aromatic rings. The predicted molar refractivity (Wildman–Crippen MR) is 151 cm³/mol. The minimum absolute atomic E-state index is 0.974. The Kier molecular flexibility index (Phi) is 7.18. The second-order valence-electron chi connectivity index (χ2n) is 9.77. The lowest BCUT2D eigenvalue weighted by Gasteiger charge is -2.10. The molecule has 2 heteroatoms. The van der Waals surface area contributed by atoms with Gasteiger partial charge >= 0.3 is 0 Å². The molecule has 35 heavy (non-hydrogen) atoms. The number of aryl methyl sites for hydroxylation is 2. The molecule has 0 unspecified atom stereocenters. The Morgan fingerprint density at radius 2 is 0.914 bits per heavy atom. The van der Waals surface area contributed by atoms with Crippen molar-refractivity contribution in [2.24, 2.45) is 0 Å². The van der Waals surface area contributed by atoms with Crippen LogP contribution in [0.4, 0.5) is 22.7 Å². The molecular weight excluding hydrogens is 424 g/mol. The quantitative estimate of drug-likeness (QED) is 0.217. The standard InChI is InChI=1S/C33H36N2/c1-3-5-7-24-9-13-28(14-10-24)34-30-17-19-32-26(22-30)21-27-23-31(18-20-33(27)32)35-29-15-11-25(12-16-29)8-6-4-2/h9-20,22-23,34-35H,3-8,21H2,1-2H3. The van der Waals surface area contributed by atoms with Gasteiger partial charge in [0, 0.05) is 22.7 Å². The third-order valence-electron chi connectivity index (χ3n) is 7.00. The summed E-state index contributed by atoms with van der Waals surface area (Å²) in [5, 5.41) is 7.19. The predicted octanol–water partition coefficient (Wildman–Crippen LogP) is 9.43. The van der Waals surface area contributed by atoms with Crippen LogP contribution in [-0.4, -0.2) is 0 Å². The van der Waals surface area contributed by atoms with E-state index >= 15 is 0 Å². The van der Waals surface area contributed by atoms with Crippen molar-refractivity contribution in [2.75, 3.05) is 10.6 Å². The van der Waals surface area contributed by atoms with E-state index in [4.69, 9.17) is 0 Å². The van der Waals surface area contributed by atoms with E-state index in [2.05, 4.69) is 109 Å². The van der Waals surface area contributed by atoms with E-state index < -0.39 is 0 Å². The van der Waals surface area contributed by atoms with Crippen molar-refractivity contribution in [2.45, 2.75) is 58.8 Å². The summed E-state index contributed by atoms with van der Waals surface area (Å²) in [5.74, 6) is 0. The lowest BCUT2D eigenvalue weighted by atomic mass is 10.0. The molecule has 0 aromatic heterocycles. The van der Waals surface area contributed by atoms with Crippen LogP contribution >= 0.6 is 0 Å². The minimum Gasteiger partial charge on any atom is -0.356 e. The Hall–Kier alpha value is -3.52. The zero-order chi connectivity index (χ0) is 24.0. The Morgan fingerprint density at radius 1 is 0.514 bits per heavy atom. The molecule has 0 aliphatic heterocycles. The smallest absolute Gasteiger partial charge is 0.0387 e. The highest BCUT2D eigenvalue weighted by Gasteiger charge is 2.19.